The summed E-state index contributed by atoms with van der Waals surface area (Å²) in [6.07, 6.45) is 5.20. The van der Waals surface area contributed by atoms with Crippen molar-refractivity contribution in [1.29, 1.82) is 0 Å². The fraction of sp³-hybridized carbons (Fsp3) is 0.522. The summed E-state index contributed by atoms with van der Waals surface area (Å²) < 4.78 is 0. The van der Waals surface area contributed by atoms with Gasteiger partial charge in [-0.1, -0.05) is 12.2 Å². The van der Waals surface area contributed by atoms with Crippen LogP contribution in [0.15, 0.2) is 30.4 Å². The van der Waals surface area contributed by atoms with Gasteiger partial charge in [0.25, 0.3) is 0 Å². The molecule has 0 unspecified atom stereocenters. The topological polar surface area (TPSA) is 69.7 Å². The van der Waals surface area contributed by atoms with Crippen molar-refractivity contribution in [1.82, 2.24) is 4.90 Å². The van der Waals surface area contributed by atoms with E-state index in [-0.39, 0.29) is 54.4 Å². The molecule has 6 heteroatoms. The van der Waals surface area contributed by atoms with Crippen molar-refractivity contribution in [2.45, 2.75) is 33.6 Å². The number of fused-ring (bicyclic) bond motifs is 5. The lowest BCUT2D eigenvalue weighted by Crippen LogP contribution is -2.35. The maximum absolute atomic E-state index is 12.7. The SMILES string of the molecule is CCN(CC)c1ccc(NC(=O)CCN2C(=O)[C@H]3[C@H](C2=O)[C@H]2C=C[C@H]3C2)c(C)c1. The molecule has 1 saturated heterocycles. The second-order valence-electron chi connectivity index (χ2n) is 8.30. The summed E-state index contributed by atoms with van der Waals surface area (Å²) in [4.78, 5) is 41.4. The predicted molar refractivity (Wildman–Crippen MR) is 112 cm³/mol. The van der Waals surface area contributed by atoms with Gasteiger partial charge in [0.05, 0.1) is 11.8 Å². The van der Waals surface area contributed by atoms with Gasteiger partial charge in [0.1, 0.15) is 0 Å². The van der Waals surface area contributed by atoms with Crippen molar-refractivity contribution in [2.75, 3.05) is 29.9 Å². The number of hydrogen-bond acceptors (Lipinski definition) is 4. The molecule has 0 radical (unpaired) electrons. The van der Waals surface area contributed by atoms with Gasteiger partial charge in [0, 0.05) is 37.4 Å². The van der Waals surface area contributed by atoms with E-state index in [2.05, 4.69) is 42.3 Å². The maximum atomic E-state index is 12.7. The Morgan fingerprint density at radius 2 is 1.72 bits per heavy atom. The third-order valence-corrected chi connectivity index (χ3v) is 6.74. The molecule has 4 atom stereocenters. The molecular formula is C23H29N3O3. The first kappa shape index (κ1) is 19.7. The van der Waals surface area contributed by atoms with Crippen LogP contribution in [-0.2, 0) is 14.4 Å². The number of carbonyl (C=O) groups excluding carboxylic acids is 3. The van der Waals surface area contributed by atoms with E-state index < -0.39 is 0 Å². The molecule has 1 N–H and O–H groups in total. The molecular weight excluding hydrogens is 366 g/mol. The molecule has 1 heterocycles. The number of allylic oxidation sites excluding steroid dienone is 2. The number of likely N-dealkylation sites (tertiary alicyclic amines) is 1. The van der Waals surface area contributed by atoms with E-state index in [1.165, 1.54) is 4.90 Å². The Hall–Kier alpha value is -2.63. The third-order valence-electron chi connectivity index (χ3n) is 6.74. The van der Waals surface area contributed by atoms with E-state index in [1.54, 1.807) is 0 Å². The summed E-state index contributed by atoms with van der Waals surface area (Å²) in [5.41, 5.74) is 2.89. The molecule has 0 aromatic heterocycles. The first-order valence-corrected chi connectivity index (χ1v) is 10.6. The Bertz CT molecular complexity index is 844. The van der Waals surface area contributed by atoms with E-state index in [0.717, 1.165) is 36.4 Å². The quantitative estimate of drug-likeness (QED) is 0.569. The number of anilines is 2. The highest BCUT2D eigenvalue weighted by Gasteiger charge is 2.59. The number of nitrogens with one attached hydrogen (secondary N) is 1. The zero-order chi connectivity index (χ0) is 20.7. The number of hydrogen-bond donors (Lipinski definition) is 1. The zero-order valence-corrected chi connectivity index (χ0v) is 17.4. The molecule has 2 bridgehead atoms. The van der Waals surface area contributed by atoms with Crippen molar-refractivity contribution in [3.05, 3.63) is 35.9 Å². The zero-order valence-electron chi connectivity index (χ0n) is 17.4. The standard InChI is InChI=1S/C23H29N3O3/c1-4-25(5-2)17-8-9-18(14(3)12-17)24-19(27)10-11-26-22(28)20-15-6-7-16(13-15)21(20)23(26)29/h6-9,12,15-16,20-21H,4-5,10-11,13H2,1-3H3,(H,24,27)/t15-,16-,20+,21+/m0/s1. The van der Waals surface area contributed by atoms with Crippen LogP contribution in [0.5, 0.6) is 0 Å². The second-order valence-corrected chi connectivity index (χ2v) is 8.30. The summed E-state index contributed by atoms with van der Waals surface area (Å²) in [5.74, 6) is -0.360. The molecule has 1 saturated carbocycles. The number of rotatable bonds is 7. The van der Waals surface area contributed by atoms with Gasteiger partial charge in [-0.05, 0) is 62.8 Å². The number of aryl methyl sites for hydroxylation is 1. The van der Waals surface area contributed by atoms with Crippen LogP contribution in [0.3, 0.4) is 0 Å². The van der Waals surface area contributed by atoms with Crippen LogP contribution >= 0.6 is 0 Å². The molecule has 29 heavy (non-hydrogen) atoms. The van der Waals surface area contributed by atoms with Gasteiger partial charge in [-0.15, -0.1) is 0 Å². The highest BCUT2D eigenvalue weighted by atomic mass is 16.2. The van der Waals surface area contributed by atoms with Crippen molar-refractivity contribution >= 4 is 29.1 Å². The number of imide groups is 1. The van der Waals surface area contributed by atoms with Crippen LogP contribution in [-0.4, -0.2) is 42.3 Å². The lowest BCUT2D eigenvalue weighted by Gasteiger charge is -2.22. The molecule has 2 aliphatic carbocycles. The molecule has 3 amide bonds. The summed E-state index contributed by atoms with van der Waals surface area (Å²) in [6.45, 7) is 8.22. The minimum Gasteiger partial charge on any atom is -0.372 e. The van der Waals surface area contributed by atoms with Gasteiger partial charge in [0.2, 0.25) is 17.7 Å². The molecule has 1 aromatic carbocycles. The summed E-state index contributed by atoms with van der Waals surface area (Å²) >= 11 is 0. The predicted octanol–water partition coefficient (Wildman–Crippen LogP) is 2.98. The molecule has 1 aliphatic heterocycles. The van der Waals surface area contributed by atoms with Crippen molar-refractivity contribution < 1.29 is 14.4 Å². The van der Waals surface area contributed by atoms with Crippen LogP contribution in [0.1, 0.15) is 32.3 Å². The Balaban J connectivity index is 1.35. The van der Waals surface area contributed by atoms with Gasteiger partial charge < -0.3 is 10.2 Å². The number of amides is 3. The molecule has 3 aliphatic rings. The van der Waals surface area contributed by atoms with Crippen molar-refractivity contribution in [3.63, 3.8) is 0 Å². The van der Waals surface area contributed by atoms with Crippen LogP contribution in [0.2, 0.25) is 0 Å². The molecule has 154 valence electrons. The fourth-order valence-corrected chi connectivity index (χ4v) is 5.18. The van der Waals surface area contributed by atoms with Crippen LogP contribution in [0.4, 0.5) is 11.4 Å². The average molecular weight is 396 g/mol. The number of benzene rings is 1. The van der Waals surface area contributed by atoms with Crippen LogP contribution < -0.4 is 10.2 Å². The lowest BCUT2D eigenvalue weighted by atomic mass is 9.85. The maximum Gasteiger partial charge on any atom is 0.233 e. The van der Waals surface area contributed by atoms with Gasteiger partial charge in [-0.25, -0.2) is 0 Å². The van der Waals surface area contributed by atoms with Gasteiger partial charge >= 0.3 is 0 Å². The van der Waals surface area contributed by atoms with E-state index >= 15 is 0 Å². The minimum atomic E-state index is -0.199. The van der Waals surface area contributed by atoms with Gasteiger partial charge in [-0.2, -0.15) is 0 Å². The molecule has 1 aromatic rings. The van der Waals surface area contributed by atoms with E-state index in [9.17, 15) is 14.4 Å². The Morgan fingerprint density at radius 1 is 1.10 bits per heavy atom. The van der Waals surface area contributed by atoms with Crippen LogP contribution in [0, 0.1) is 30.6 Å². The largest absolute Gasteiger partial charge is 0.372 e. The summed E-state index contributed by atoms with van der Waals surface area (Å²) in [7, 11) is 0. The Kier molecular flexibility index (Phi) is 5.19. The van der Waals surface area contributed by atoms with Crippen molar-refractivity contribution in [2.24, 2.45) is 23.7 Å². The van der Waals surface area contributed by atoms with E-state index in [1.807, 2.05) is 19.1 Å². The summed E-state index contributed by atoms with van der Waals surface area (Å²) in [5, 5.41) is 2.93. The first-order valence-electron chi connectivity index (χ1n) is 10.6. The molecule has 2 fully saturated rings. The highest BCUT2D eigenvalue weighted by Crippen LogP contribution is 2.52. The smallest absolute Gasteiger partial charge is 0.233 e. The average Bonchev–Trinajstić information content (AvgIpc) is 3.38. The third kappa shape index (κ3) is 3.34. The highest BCUT2D eigenvalue weighted by molar-refractivity contribution is 6.06. The second kappa shape index (κ2) is 7.65. The number of nitrogens with zero attached hydrogens (tertiary/aromatic N) is 2. The monoisotopic (exact) mass is 395 g/mol. The number of carbonyl (C=O) groups is 3. The van der Waals surface area contributed by atoms with E-state index in [0.29, 0.717) is 0 Å². The first-order chi connectivity index (χ1) is 13.9. The minimum absolute atomic E-state index is 0.0931. The molecule has 4 rings (SSSR count). The van der Waals surface area contributed by atoms with Gasteiger partial charge in [0.15, 0.2) is 0 Å². The van der Waals surface area contributed by atoms with Gasteiger partial charge in [-0.3, -0.25) is 19.3 Å². The molecule has 6 nitrogen and oxygen atoms in total. The molecule has 0 spiro atoms. The van der Waals surface area contributed by atoms with Crippen molar-refractivity contribution in [3.8, 4) is 0 Å². The Labute approximate surface area is 171 Å². The fourth-order valence-electron chi connectivity index (χ4n) is 5.18. The van der Waals surface area contributed by atoms with Crippen LogP contribution in [0.25, 0.3) is 0 Å². The lowest BCUT2D eigenvalue weighted by molar-refractivity contribution is -0.140. The van der Waals surface area contributed by atoms with E-state index in [4.69, 9.17) is 0 Å². The Morgan fingerprint density at radius 3 is 2.28 bits per heavy atom. The summed E-state index contributed by atoms with van der Waals surface area (Å²) in [6, 6.07) is 5.99. The normalized spacial score (nSPS) is 26.9.